The van der Waals surface area contributed by atoms with E-state index in [0.717, 1.165) is 30.9 Å². The van der Waals surface area contributed by atoms with Crippen LogP contribution in [0.3, 0.4) is 0 Å². The number of carbonyl (C=O) groups excluding carboxylic acids is 1. The predicted octanol–water partition coefficient (Wildman–Crippen LogP) is 2.68. The summed E-state index contributed by atoms with van der Waals surface area (Å²) in [6.45, 7) is 4.22. The van der Waals surface area contributed by atoms with E-state index in [0.29, 0.717) is 36.9 Å². The molecule has 1 aliphatic rings. The van der Waals surface area contributed by atoms with E-state index in [1.165, 1.54) is 0 Å². The Hall–Kier alpha value is -1.91. The molecule has 1 unspecified atom stereocenters. The van der Waals surface area contributed by atoms with E-state index in [2.05, 4.69) is 15.2 Å². The Morgan fingerprint density at radius 2 is 1.86 bits per heavy atom. The molecule has 1 aliphatic heterocycles. The number of nitrogens with one attached hydrogen (secondary N) is 1. The van der Waals surface area contributed by atoms with Crippen LogP contribution in [0.1, 0.15) is 25.3 Å². The molecule has 1 N–H and O–H groups in total. The molecular weight excluding hydrogens is 489 g/mol. The van der Waals surface area contributed by atoms with Gasteiger partial charge in [-0.15, -0.1) is 24.0 Å². The third-order valence-corrected chi connectivity index (χ3v) is 4.73. The van der Waals surface area contributed by atoms with Crippen molar-refractivity contribution in [1.82, 2.24) is 10.2 Å². The molecule has 1 saturated heterocycles. The van der Waals surface area contributed by atoms with E-state index < -0.39 is 0 Å². The summed E-state index contributed by atoms with van der Waals surface area (Å²) < 4.78 is 21.4. The molecule has 2 rings (SSSR count). The second kappa shape index (κ2) is 12.6. The number of esters is 1. The Kier molecular flexibility index (Phi) is 10.9. The largest absolute Gasteiger partial charge is 0.493 e. The molecule has 0 amide bonds. The Balaban J connectivity index is 0.00000420. The minimum absolute atomic E-state index is 0. The maximum absolute atomic E-state index is 12.1. The quantitative estimate of drug-likeness (QED) is 0.256. The first kappa shape index (κ1) is 25.1. The van der Waals surface area contributed by atoms with Crippen LogP contribution in [0.15, 0.2) is 17.1 Å². The average molecular weight is 521 g/mol. The minimum atomic E-state index is -0.132. The van der Waals surface area contributed by atoms with Crippen molar-refractivity contribution in [3.05, 3.63) is 17.7 Å². The van der Waals surface area contributed by atoms with Crippen molar-refractivity contribution in [3.63, 3.8) is 0 Å². The molecule has 1 heterocycles. The van der Waals surface area contributed by atoms with Crippen LogP contribution in [0, 0.1) is 5.92 Å². The maximum atomic E-state index is 12.1. The molecule has 1 aromatic rings. The van der Waals surface area contributed by atoms with Crippen molar-refractivity contribution >= 4 is 35.9 Å². The Morgan fingerprint density at radius 3 is 2.38 bits per heavy atom. The topological polar surface area (TPSA) is 81.6 Å². The van der Waals surface area contributed by atoms with Crippen molar-refractivity contribution in [3.8, 4) is 17.2 Å². The van der Waals surface area contributed by atoms with Gasteiger partial charge in [-0.25, -0.2) is 0 Å². The number of methoxy groups -OCH3 is 3. The highest BCUT2D eigenvalue weighted by Crippen LogP contribution is 2.38. The summed E-state index contributed by atoms with van der Waals surface area (Å²) in [7, 11) is 6.51. The van der Waals surface area contributed by atoms with Gasteiger partial charge < -0.3 is 29.2 Å². The molecule has 164 valence electrons. The first-order valence-electron chi connectivity index (χ1n) is 9.49. The zero-order valence-electron chi connectivity index (χ0n) is 17.8. The number of hydrogen-bond donors (Lipinski definition) is 1. The van der Waals surface area contributed by atoms with Gasteiger partial charge in [0, 0.05) is 26.7 Å². The molecule has 0 aliphatic carbocycles. The molecule has 1 aromatic carbocycles. The molecule has 1 fully saturated rings. The summed E-state index contributed by atoms with van der Waals surface area (Å²) in [6.07, 6.45) is 1.77. The number of hydrogen-bond acceptors (Lipinski definition) is 6. The third kappa shape index (κ3) is 6.55. The van der Waals surface area contributed by atoms with Crippen LogP contribution < -0.4 is 19.5 Å². The van der Waals surface area contributed by atoms with Gasteiger partial charge >= 0.3 is 5.97 Å². The third-order valence-electron chi connectivity index (χ3n) is 4.73. The van der Waals surface area contributed by atoms with Crippen molar-refractivity contribution in [2.75, 3.05) is 48.1 Å². The lowest BCUT2D eigenvalue weighted by molar-refractivity contribution is -0.149. The standard InChI is InChI=1S/C20H31N3O5.HI/c1-6-28-19(24)15-8-7-9-23(13-15)20(21-2)22-12-14-10-16(25-3)18(27-5)17(11-14)26-4;/h10-11,15H,6-9,12-13H2,1-5H3,(H,21,22);1H. The number of carbonyl (C=O) groups is 1. The molecule has 8 nitrogen and oxygen atoms in total. The van der Waals surface area contributed by atoms with Crippen LogP contribution in [0.4, 0.5) is 0 Å². The van der Waals surface area contributed by atoms with Crippen molar-refractivity contribution in [2.45, 2.75) is 26.3 Å². The highest BCUT2D eigenvalue weighted by molar-refractivity contribution is 14.0. The van der Waals surface area contributed by atoms with Crippen LogP contribution >= 0.6 is 24.0 Å². The lowest BCUT2D eigenvalue weighted by atomic mass is 9.98. The van der Waals surface area contributed by atoms with Gasteiger partial charge in [-0.1, -0.05) is 0 Å². The first-order valence-corrected chi connectivity index (χ1v) is 9.49. The van der Waals surface area contributed by atoms with Crippen LogP contribution in [0.2, 0.25) is 0 Å². The molecule has 0 saturated carbocycles. The fourth-order valence-corrected chi connectivity index (χ4v) is 3.37. The molecule has 29 heavy (non-hydrogen) atoms. The molecule has 0 aromatic heterocycles. The SMILES string of the molecule is CCOC(=O)C1CCCN(C(=NC)NCc2cc(OC)c(OC)c(OC)c2)C1.I. The first-order chi connectivity index (χ1) is 13.6. The number of nitrogens with zero attached hydrogens (tertiary/aromatic N) is 2. The number of aliphatic imine (C=N–C) groups is 1. The van der Waals surface area contributed by atoms with Gasteiger partial charge in [-0.3, -0.25) is 9.79 Å². The second-order valence-electron chi connectivity index (χ2n) is 6.47. The Bertz CT molecular complexity index is 674. The molecule has 0 bridgehead atoms. The number of ether oxygens (including phenoxy) is 4. The maximum Gasteiger partial charge on any atom is 0.310 e. The fraction of sp³-hybridized carbons (Fsp3) is 0.600. The summed E-state index contributed by atoms with van der Waals surface area (Å²) in [5.74, 6) is 2.28. The van der Waals surface area contributed by atoms with Gasteiger partial charge in [0.15, 0.2) is 17.5 Å². The summed E-state index contributed by atoms with van der Waals surface area (Å²) >= 11 is 0. The average Bonchev–Trinajstić information content (AvgIpc) is 2.73. The molecular formula is C20H32IN3O5. The van der Waals surface area contributed by atoms with E-state index in [1.807, 2.05) is 19.1 Å². The van der Waals surface area contributed by atoms with E-state index in [4.69, 9.17) is 18.9 Å². The number of halogens is 1. The van der Waals surface area contributed by atoms with Gasteiger partial charge in [0.2, 0.25) is 5.75 Å². The highest BCUT2D eigenvalue weighted by Gasteiger charge is 2.28. The van der Waals surface area contributed by atoms with Crippen molar-refractivity contribution in [2.24, 2.45) is 10.9 Å². The summed E-state index contributed by atoms with van der Waals surface area (Å²) in [5.41, 5.74) is 0.967. The zero-order valence-corrected chi connectivity index (χ0v) is 20.1. The van der Waals surface area contributed by atoms with Gasteiger partial charge in [0.25, 0.3) is 0 Å². The Morgan fingerprint density at radius 1 is 1.21 bits per heavy atom. The minimum Gasteiger partial charge on any atom is -0.493 e. The molecule has 0 spiro atoms. The van der Waals surface area contributed by atoms with Gasteiger partial charge in [-0.05, 0) is 37.5 Å². The monoisotopic (exact) mass is 521 g/mol. The number of likely N-dealkylation sites (tertiary alicyclic amines) is 1. The highest BCUT2D eigenvalue weighted by atomic mass is 127. The van der Waals surface area contributed by atoms with E-state index in [-0.39, 0.29) is 35.9 Å². The van der Waals surface area contributed by atoms with Crippen LogP contribution in [-0.4, -0.2) is 64.9 Å². The summed E-state index contributed by atoms with van der Waals surface area (Å²) in [6, 6.07) is 3.80. The number of piperidine rings is 1. The fourth-order valence-electron chi connectivity index (χ4n) is 3.37. The normalized spacial score (nSPS) is 16.5. The van der Waals surface area contributed by atoms with E-state index in [1.54, 1.807) is 28.4 Å². The lowest BCUT2D eigenvalue weighted by Gasteiger charge is -2.34. The van der Waals surface area contributed by atoms with Gasteiger partial charge in [-0.2, -0.15) is 0 Å². The molecule has 1 atom stereocenters. The van der Waals surface area contributed by atoms with Crippen LogP contribution in [0.5, 0.6) is 17.2 Å². The lowest BCUT2D eigenvalue weighted by Crippen LogP contribution is -2.48. The van der Waals surface area contributed by atoms with Gasteiger partial charge in [0.1, 0.15) is 0 Å². The number of rotatable bonds is 7. The van der Waals surface area contributed by atoms with Crippen LogP contribution in [-0.2, 0) is 16.1 Å². The smallest absolute Gasteiger partial charge is 0.310 e. The Labute approximate surface area is 189 Å². The van der Waals surface area contributed by atoms with Gasteiger partial charge in [0.05, 0.1) is 33.9 Å². The zero-order chi connectivity index (χ0) is 20.5. The van der Waals surface area contributed by atoms with E-state index in [9.17, 15) is 4.79 Å². The summed E-state index contributed by atoms with van der Waals surface area (Å²) in [4.78, 5) is 18.6. The number of benzene rings is 1. The van der Waals surface area contributed by atoms with Crippen LogP contribution in [0.25, 0.3) is 0 Å². The molecule has 9 heteroatoms. The summed E-state index contributed by atoms with van der Waals surface area (Å²) in [5, 5.41) is 3.36. The predicted molar refractivity (Wildman–Crippen MR) is 123 cm³/mol. The van der Waals surface area contributed by atoms with Crippen molar-refractivity contribution < 1.29 is 23.7 Å². The van der Waals surface area contributed by atoms with E-state index >= 15 is 0 Å². The number of guanidine groups is 1. The molecule has 0 radical (unpaired) electrons. The van der Waals surface area contributed by atoms with Crippen molar-refractivity contribution in [1.29, 1.82) is 0 Å². The second-order valence-corrected chi connectivity index (χ2v) is 6.47.